The van der Waals surface area contributed by atoms with Crippen LogP contribution >= 0.6 is 0 Å². The zero-order valence-electron chi connectivity index (χ0n) is 18.5. The summed E-state index contributed by atoms with van der Waals surface area (Å²) in [7, 11) is 1.89. The van der Waals surface area contributed by atoms with E-state index in [1.807, 2.05) is 44.3 Å². The van der Waals surface area contributed by atoms with E-state index < -0.39 is 5.66 Å². The second kappa shape index (κ2) is 7.44. The first-order chi connectivity index (χ1) is 15.4. The molecule has 0 spiro atoms. The van der Waals surface area contributed by atoms with Gasteiger partial charge in [0.05, 0.1) is 35.0 Å². The van der Waals surface area contributed by atoms with E-state index in [1.165, 1.54) is 6.20 Å². The fraction of sp³-hybridized carbons (Fsp3) is 0.240. The zero-order chi connectivity index (χ0) is 22.5. The van der Waals surface area contributed by atoms with Crippen molar-refractivity contribution < 1.29 is 4.39 Å². The molecule has 6 nitrogen and oxygen atoms in total. The SMILES string of the molecule is Cc1nnn(C)c1-c1ccc2c(c1)N(C(c1ccccc1)c1ccncc1F)C(C)(C)N2. The summed E-state index contributed by atoms with van der Waals surface area (Å²) < 4.78 is 16.9. The Morgan fingerprint density at radius 3 is 2.53 bits per heavy atom. The summed E-state index contributed by atoms with van der Waals surface area (Å²) in [5.74, 6) is -0.326. The van der Waals surface area contributed by atoms with Crippen LogP contribution in [0.2, 0.25) is 0 Å². The first-order valence-corrected chi connectivity index (χ1v) is 10.6. The molecule has 0 saturated carbocycles. The van der Waals surface area contributed by atoms with Gasteiger partial charge in [-0.3, -0.25) is 4.98 Å². The lowest BCUT2D eigenvalue weighted by molar-refractivity contribution is 0.489. The Bertz CT molecular complexity index is 1260. The molecule has 1 N–H and O–H groups in total. The molecule has 0 radical (unpaired) electrons. The van der Waals surface area contributed by atoms with Crippen LogP contribution in [-0.2, 0) is 7.05 Å². The third-order valence-corrected chi connectivity index (χ3v) is 6.04. The number of aryl methyl sites for hydroxylation is 2. The first-order valence-electron chi connectivity index (χ1n) is 10.6. The number of halogens is 1. The molecule has 0 fully saturated rings. The average Bonchev–Trinajstić information content (AvgIpc) is 3.24. The summed E-state index contributed by atoms with van der Waals surface area (Å²) in [5, 5.41) is 12.0. The van der Waals surface area contributed by atoms with Crippen molar-refractivity contribution in [2.24, 2.45) is 7.05 Å². The smallest absolute Gasteiger partial charge is 0.147 e. The summed E-state index contributed by atoms with van der Waals surface area (Å²) in [4.78, 5) is 6.22. The molecule has 0 saturated heterocycles. The number of hydrogen-bond donors (Lipinski definition) is 1. The van der Waals surface area contributed by atoms with Crippen LogP contribution in [0.4, 0.5) is 15.8 Å². The van der Waals surface area contributed by atoms with Crippen LogP contribution in [0.15, 0.2) is 67.0 Å². The molecule has 3 heterocycles. The Labute approximate surface area is 186 Å². The molecule has 32 heavy (non-hydrogen) atoms. The van der Waals surface area contributed by atoms with E-state index >= 15 is 4.39 Å². The third-order valence-electron chi connectivity index (χ3n) is 6.04. The standard InChI is InChI=1S/C25H25FN6/c1-16-23(31(4)30-29-16)18-10-11-21-22(14-18)32(25(2,3)28-21)24(17-8-6-5-7-9-17)19-12-13-27-15-20(19)26/h5-15,24,28H,1-4H3. The Kier molecular flexibility index (Phi) is 4.69. The van der Waals surface area contributed by atoms with Crippen molar-refractivity contribution in [2.75, 3.05) is 10.2 Å². The van der Waals surface area contributed by atoms with Crippen LogP contribution in [0, 0.1) is 12.7 Å². The summed E-state index contributed by atoms with van der Waals surface area (Å²) >= 11 is 0. The number of fused-ring (bicyclic) bond motifs is 1. The minimum Gasteiger partial charge on any atom is -0.361 e. The highest BCUT2D eigenvalue weighted by Gasteiger charge is 2.42. The van der Waals surface area contributed by atoms with Gasteiger partial charge in [-0.25, -0.2) is 9.07 Å². The van der Waals surface area contributed by atoms with E-state index in [1.54, 1.807) is 16.9 Å². The maximum absolute atomic E-state index is 15.1. The number of benzene rings is 2. The van der Waals surface area contributed by atoms with Crippen LogP contribution in [-0.4, -0.2) is 25.6 Å². The fourth-order valence-corrected chi connectivity index (χ4v) is 4.70. The maximum atomic E-state index is 15.1. The van der Waals surface area contributed by atoms with E-state index in [9.17, 15) is 0 Å². The van der Waals surface area contributed by atoms with Crippen molar-refractivity contribution >= 4 is 11.4 Å². The quantitative estimate of drug-likeness (QED) is 0.491. The molecular formula is C25H25FN6. The highest BCUT2D eigenvalue weighted by Crippen LogP contribution is 2.48. The van der Waals surface area contributed by atoms with Gasteiger partial charge in [-0.15, -0.1) is 5.10 Å². The fourth-order valence-electron chi connectivity index (χ4n) is 4.70. The van der Waals surface area contributed by atoms with Crippen LogP contribution in [0.5, 0.6) is 0 Å². The molecule has 1 aliphatic heterocycles. The van der Waals surface area contributed by atoms with Gasteiger partial charge in [0.25, 0.3) is 0 Å². The van der Waals surface area contributed by atoms with E-state index in [2.05, 4.69) is 57.6 Å². The molecule has 2 aromatic carbocycles. The predicted octanol–water partition coefficient (Wildman–Crippen LogP) is 5.08. The van der Waals surface area contributed by atoms with Crippen LogP contribution in [0.3, 0.4) is 0 Å². The molecule has 1 unspecified atom stereocenters. The Morgan fingerprint density at radius 1 is 1.06 bits per heavy atom. The van der Waals surface area contributed by atoms with Crippen molar-refractivity contribution in [3.05, 3.63) is 89.6 Å². The number of nitrogens with one attached hydrogen (secondary N) is 1. The Balaban J connectivity index is 1.73. The molecule has 0 bridgehead atoms. The normalized spacial score (nSPS) is 15.3. The molecule has 4 aromatic rings. The Hall–Kier alpha value is -3.74. The number of anilines is 2. The number of rotatable bonds is 4. The lowest BCUT2D eigenvalue weighted by Gasteiger charge is -2.41. The lowest BCUT2D eigenvalue weighted by atomic mass is 9.94. The van der Waals surface area contributed by atoms with Gasteiger partial charge in [-0.2, -0.15) is 0 Å². The second-order valence-electron chi connectivity index (χ2n) is 8.64. The maximum Gasteiger partial charge on any atom is 0.147 e. The molecule has 0 amide bonds. The van der Waals surface area contributed by atoms with Crippen molar-refractivity contribution in [1.29, 1.82) is 0 Å². The van der Waals surface area contributed by atoms with E-state index in [-0.39, 0.29) is 11.9 Å². The van der Waals surface area contributed by atoms with Gasteiger partial charge in [0.15, 0.2) is 0 Å². The van der Waals surface area contributed by atoms with Crippen molar-refractivity contribution in [2.45, 2.75) is 32.5 Å². The highest BCUT2D eigenvalue weighted by atomic mass is 19.1. The van der Waals surface area contributed by atoms with Gasteiger partial charge in [-0.05, 0) is 44.5 Å². The molecule has 0 aliphatic carbocycles. The molecule has 162 valence electrons. The van der Waals surface area contributed by atoms with Gasteiger partial charge < -0.3 is 10.2 Å². The summed E-state index contributed by atoms with van der Waals surface area (Å²) in [5.41, 5.74) is 5.96. The van der Waals surface area contributed by atoms with Crippen LogP contribution < -0.4 is 10.2 Å². The van der Waals surface area contributed by atoms with Crippen molar-refractivity contribution in [3.63, 3.8) is 0 Å². The Morgan fingerprint density at radius 2 is 1.84 bits per heavy atom. The predicted molar refractivity (Wildman–Crippen MR) is 124 cm³/mol. The molecule has 2 aromatic heterocycles. The number of pyridine rings is 1. The minimum absolute atomic E-state index is 0.326. The van der Waals surface area contributed by atoms with E-state index in [0.29, 0.717) is 5.56 Å². The summed E-state index contributed by atoms with van der Waals surface area (Å²) in [6, 6.07) is 17.7. The van der Waals surface area contributed by atoms with Crippen LogP contribution in [0.25, 0.3) is 11.3 Å². The number of aromatic nitrogens is 4. The number of nitrogens with zero attached hydrogens (tertiary/aromatic N) is 5. The average molecular weight is 429 g/mol. The van der Waals surface area contributed by atoms with Gasteiger partial charge in [0.1, 0.15) is 11.5 Å². The van der Waals surface area contributed by atoms with Gasteiger partial charge >= 0.3 is 0 Å². The van der Waals surface area contributed by atoms with Gasteiger partial charge in [0.2, 0.25) is 0 Å². The molecule has 5 rings (SSSR count). The van der Waals surface area contributed by atoms with Crippen molar-refractivity contribution in [1.82, 2.24) is 20.0 Å². The van der Waals surface area contributed by atoms with Gasteiger partial charge in [0, 0.05) is 24.4 Å². The first kappa shape index (κ1) is 20.2. The summed E-state index contributed by atoms with van der Waals surface area (Å²) in [6.45, 7) is 6.17. The van der Waals surface area contributed by atoms with Crippen LogP contribution in [0.1, 0.15) is 36.7 Å². The zero-order valence-corrected chi connectivity index (χ0v) is 18.5. The monoisotopic (exact) mass is 428 g/mol. The third kappa shape index (κ3) is 3.21. The topological polar surface area (TPSA) is 58.9 Å². The van der Waals surface area contributed by atoms with Gasteiger partial charge in [-0.1, -0.05) is 41.6 Å². The van der Waals surface area contributed by atoms with Crippen molar-refractivity contribution in [3.8, 4) is 11.3 Å². The highest BCUT2D eigenvalue weighted by molar-refractivity contribution is 5.83. The minimum atomic E-state index is -0.461. The molecule has 1 atom stereocenters. The summed E-state index contributed by atoms with van der Waals surface area (Å²) in [6.07, 6.45) is 2.93. The molecule has 7 heteroatoms. The number of hydrogen-bond acceptors (Lipinski definition) is 5. The lowest BCUT2D eigenvalue weighted by Crippen LogP contribution is -2.48. The molecule has 1 aliphatic rings. The largest absolute Gasteiger partial charge is 0.361 e. The van der Waals surface area contributed by atoms with E-state index in [0.717, 1.165) is 33.9 Å². The molecular weight excluding hydrogens is 403 g/mol. The van der Waals surface area contributed by atoms with E-state index in [4.69, 9.17) is 0 Å². The second-order valence-corrected chi connectivity index (χ2v) is 8.64.